The van der Waals surface area contributed by atoms with E-state index in [2.05, 4.69) is 14.5 Å². The lowest BCUT2D eigenvalue weighted by Gasteiger charge is -2.09. The van der Waals surface area contributed by atoms with Crippen LogP contribution in [-0.2, 0) is 13.0 Å². The Kier molecular flexibility index (Phi) is 3.88. The summed E-state index contributed by atoms with van der Waals surface area (Å²) in [5.74, 6) is 0.512. The second kappa shape index (κ2) is 5.97. The van der Waals surface area contributed by atoms with Gasteiger partial charge in [0.1, 0.15) is 5.82 Å². The summed E-state index contributed by atoms with van der Waals surface area (Å²) < 4.78 is 2.11. The maximum atomic E-state index is 5.90. The minimum absolute atomic E-state index is 0.512. The SMILES string of the molecule is Nc1cc(-c2cncn2CCc2ccc(Cl)cc2)ccn1. The van der Waals surface area contributed by atoms with E-state index in [1.54, 1.807) is 6.20 Å². The Bertz CT molecular complexity index is 734. The third-order valence-corrected chi connectivity index (χ3v) is 3.60. The topological polar surface area (TPSA) is 56.7 Å². The van der Waals surface area contributed by atoms with Crippen molar-refractivity contribution in [3.8, 4) is 11.3 Å². The van der Waals surface area contributed by atoms with Gasteiger partial charge >= 0.3 is 0 Å². The second-order valence-electron chi connectivity index (χ2n) is 4.82. The Balaban J connectivity index is 1.78. The molecular formula is C16H15ClN4. The molecule has 0 aliphatic carbocycles. The summed E-state index contributed by atoms with van der Waals surface area (Å²) in [6.07, 6.45) is 6.31. The van der Waals surface area contributed by atoms with Gasteiger partial charge in [0.25, 0.3) is 0 Å². The van der Waals surface area contributed by atoms with Crippen LogP contribution in [0.2, 0.25) is 5.02 Å². The normalized spacial score (nSPS) is 10.7. The zero-order valence-corrected chi connectivity index (χ0v) is 12.2. The number of benzene rings is 1. The molecule has 21 heavy (non-hydrogen) atoms. The highest BCUT2D eigenvalue weighted by Gasteiger charge is 2.06. The number of aromatic nitrogens is 3. The summed E-state index contributed by atoms with van der Waals surface area (Å²) in [5, 5.41) is 0.759. The molecule has 0 amide bonds. The van der Waals surface area contributed by atoms with Crippen molar-refractivity contribution in [3.63, 3.8) is 0 Å². The van der Waals surface area contributed by atoms with E-state index in [1.807, 2.05) is 48.9 Å². The third kappa shape index (κ3) is 3.23. The fourth-order valence-electron chi connectivity index (χ4n) is 2.25. The van der Waals surface area contributed by atoms with Gasteiger partial charge < -0.3 is 10.3 Å². The second-order valence-corrected chi connectivity index (χ2v) is 5.25. The summed E-state index contributed by atoms with van der Waals surface area (Å²) in [5.41, 5.74) is 9.05. The predicted molar refractivity (Wildman–Crippen MR) is 85.0 cm³/mol. The average molecular weight is 299 g/mol. The monoisotopic (exact) mass is 298 g/mol. The molecule has 106 valence electrons. The number of imidazole rings is 1. The quantitative estimate of drug-likeness (QED) is 0.803. The molecule has 0 aliphatic heterocycles. The number of nitrogen functional groups attached to an aromatic ring is 1. The zero-order valence-electron chi connectivity index (χ0n) is 11.4. The summed E-state index contributed by atoms with van der Waals surface area (Å²) in [6, 6.07) is 11.7. The Hall–Kier alpha value is -2.33. The summed E-state index contributed by atoms with van der Waals surface area (Å²) >= 11 is 5.90. The van der Waals surface area contributed by atoms with Crippen molar-refractivity contribution in [2.75, 3.05) is 5.73 Å². The molecule has 0 fully saturated rings. The molecule has 0 aliphatic rings. The number of rotatable bonds is 4. The highest BCUT2D eigenvalue weighted by molar-refractivity contribution is 6.30. The van der Waals surface area contributed by atoms with Crippen molar-refractivity contribution in [2.24, 2.45) is 0 Å². The smallest absolute Gasteiger partial charge is 0.123 e. The molecule has 3 rings (SSSR count). The first-order valence-electron chi connectivity index (χ1n) is 6.69. The first-order chi connectivity index (χ1) is 10.2. The van der Waals surface area contributed by atoms with E-state index in [0.29, 0.717) is 5.82 Å². The van der Waals surface area contributed by atoms with Crippen molar-refractivity contribution in [1.29, 1.82) is 0 Å². The number of anilines is 1. The van der Waals surface area contributed by atoms with E-state index in [1.165, 1.54) is 5.56 Å². The van der Waals surface area contributed by atoms with Gasteiger partial charge in [-0.25, -0.2) is 9.97 Å². The van der Waals surface area contributed by atoms with E-state index in [9.17, 15) is 0 Å². The molecule has 0 atom stereocenters. The van der Waals surface area contributed by atoms with Crippen molar-refractivity contribution >= 4 is 17.4 Å². The van der Waals surface area contributed by atoms with Crippen molar-refractivity contribution in [2.45, 2.75) is 13.0 Å². The van der Waals surface area contributed by atoms with Crippen molar-refractivity contribution < 1.29 is 0 Å². The highest BCUT2D eigenvalue weighted by atomic mass is 35.5. The van der Waals surface area contributed by atoms with Crippen LogP contribution in [0.15, 0.2) is 55.1 Å². The molecule has 0 bridgehead atoms. The largest absolute Gasteiger partial charge is 0.384 e. The van der Waals surface area contributed by atoms with Crippen LogP contribution >= 0.6 is 11.6 Å². The molecule has 0 saturated carbocycles. The van der Waals surface area contributed by atoms with Crippen LogP contribution < -0.4 is 5.73 Å². The fourth-order valence-corrected chi connectivity index (χ4v) is 2.37. The van der Waals surface area contributed by atoms with Gasteiger partial charge in [-0.1, -0.05) is 23.7 Å². The molecule has 0 radical (unpaired) electrons. The Morgan fingerprint density at radius 1 is 1.14 bits per heavy atom. The third-order valence-electron chi connectivity index (χ3n) is 3.34. The standard InChI is InChI=1S/C16H15ClN4/c17-14-3-1-12(2-4-14)6-8-21-11-19-10-15(21)13-5-7-20-16(18)9-13/h1-5,7,9-11H,6,8H2,(H2,18,20). The van der Waals surface area contributed by atoms with E-state index in [-0.39, 0.29) is 0 Å². The van der Waals surface area contributed by atoms with E-state index >= 15 is 0 Å². The minimum atomic E-state index is 0.512. The van der Waals surface area contributed by atoms with Crippen LogP contribution in [0, 0.1) is 0 Å². The maximum absolute atomic E-state index is 5.90. The summed E-state index contributed by atoms with van der Waals surface area (Å²) in [4.78, 5) is 8.25. The Labute approximate surface area is 128 Å². The number of halogens is 1. The first kappa shape index (κ1) is 13.6. The highest BCUT2D eigenvalue weighted by Crippen LogP contribution is 2.20. The molecule has 5 heteroatoms. The van der Waals surface area contributed by atoms with Gasteiger partial charge in [-0.3, -0.25) is 0 Å². The summed E-state index contributed by atoms with van der Waals surface area (Å²) in [7, 11) is 0. The van der Waals surface area contributed by atoms with Gasteiger partial charge in [-0.05, 0) is 36.2 Å². The van der Waals surface area contributed by atoms with Gasteiger partial charge in [-0.2, -0.15) is 0 Å². The molecule has 4 nitrogen and oxygen atoms in total. The van der Waals surface area contributed by atoms with Gasteiger partial charge in [-0.15, -0.1) is 0 Å². The molecule has 2 heterocycles. The number of nitrogens with two attached hydrogens (primary N) is 1. The van der Waals surface area contributed by atoms with Crippen molar-refractivity contribution in [3.05, 3.63) is 65.7 Å². The first-order valence-corrected chi connectivity index (χ1v) is 7.06. The molecular weight excluding hydrogens is 284 g/mol. The van der Waals surface area contributed by atoms with Crippen LogP contribution in [-0.4, -0.2) is 14.5 Å². The molecule has 0 saturated heterocycles. The van der Waals surface area contributed by atoms with Crippen LogP contribution in [0.3, 0.4) is 0 Å². The van der Waals surface area contributed by atoms with Crippen LogP contribution in [0.5, 0.6) is 0 Å². The van der Waals surface area contributed by atoms with E-state index in [0.717, 1.165) is 29.2 Å². The molecule has 2 N–H and O–H groups in total. The molecule has 1 aromatic carbocycles. The predicted octanol–water partition coefficient (Wildman–Crippen LogP) is 3.42. The lowest BCUT2D eigenvalue weighted by molar-refractivity contribution is 0.702. The number of hydrogen-bond acceptors (Lipinski definition) is 3. The van der Waals surface area contributed by atoms with E-state index in [4.69, 9.17) is 17.3 Å². The Morgan fingerprint density at radius 3 is 2.71 bits per heavy atom. The van der Waals surface area contributed by atoms with Gasteiger partial charge in [0, 0.05) is 23.3 Å². The zero-order chi connectivity index (χ0) is 14.7. The maximum Gasteiger partial charge on any atom is 0.123 e. The van der Waals surface area contributed by atoms with Crippen LogP contribution in [0.1, 0.15) is 5.56 Å². The van der Waals surface area contributed by atoms with Gasteiger partial charge in [0.15, 0.2) is 0 Å². The molecule has 3 aromatic rings. The fraction of sp³-hybridized carbons (Fsp3) is 0.125. The van der Waals surface area contributed by atoms with Crippen LogP contribution in [0.25, 0.3) is 11.3 Å². The molecule has 2 aromatic heterocycles. The van der Waals surface area contributed by atoms with E-state index < -0.39 is 0 Å². The number of nitrogens with zero attached hydrogens (tertiary/aromatic N) is 3. The van der Waals surface area contributed by atoms with Gasteiger partial charge in [0.2, 0.25) is 0 Å². The molecule has 0 unspecified atom stereocenters. The van der Waals surface area contributed by atoms with Crippen molar-refractivity contribution in [1.82, 2.24) is 14.5 Å². The average Bonchev–Trinajstić information content (AvgIpc) is 2.95. The van der Waals surface area contributed by atoms with Crippen LogP contribution in [0.4, 0.5) is 5.82 Å². The molecule has 0 spiro atoms. The minimum Gasteiger partial charge on any atom is -0.384 e. The summed E-state index contributed by atoms with van der Waals surface area (Å²) in [6.45, 7) is 0.846. The number of pyridine rings is 1. The Morgan fingerprint density at radius 2 is 1.95 bits per heavy atom. The lowest BCUT2D eigenvalue weighted by atomic mass is 10.1. The lowest BCUT2D eigenvalue weighted by Crippen LogP contribution is -2.02. The van der Waals surface area contributed by atoms with Gasteiger partial charge in [0.05, 0.1) is 18.2 Å². The number of aryl methyl sites for hydroxylation is 2. The number of hydrogen-bond donors (Lipinski definition) is 1.